The first kappa shape index (κ1) is 14.5. The largest absolute Gasteiger partial charge is 0.466 e. The minimum Gasteiger partial charge on any atom is -0.466 e. The second-order valence-corrected chi connectivity index (χ2v) is 5.06. The summed E-state index contributed by atoms with van der Waals surface area (Å²) >= 11 is 0. The lowest BCUT2D eigenvalue weighted by molar-refractivity contribution is -0.168. The number of carbonyl (C=O) groups excluding carboxylic acids is 1. The van der Waals surface area contributed by atoms with Gasteiger partial charge < -0.3 is 9.84 Å². The van der Waals surface area contributed by atoms with E-state index >= 15 is 0 Å². The van der Waals surface area contributed by atoms with Crippen LogP contribution in [0, 0.1) is 11.8 Å². The molecule has 1 aliphatic rings. The van der Waals surface area contributed by atoms with Gasteiger partial charge in [-0.25, -0.2) is 0 Å². The quantitative estimate of drug-likeness (QED) is 0.754. The van der Waals surface area contributed by atoms with E-state index in [1.165, 1.54) is 6.42 Å². The Kier molecular flexibility index (Phi) is 5.44. The number of esters is 1. The Bertz CT molecular complexity index is 252. The third kappa shape index (κ3) is 3.01. The van der Waals surface area contributed by atoms with Crippen LogP contribution in [0.3, 0.4) is 0 Å². The van der Waals surface area contributed by atoms with Crippen molar-refractivity contribution in [1.29, 1.82) is 0 Å². The van der Waals surface area contributed by atoms with Crippen LogP contribution < -0.4 is 0 Å². The highest BCUT2D eigenvalue weighted by Crippen LogP contribution is 2.42. The van der Waals surface area contributed by atoms with Crippen LogP contribution in [0.15, 0.2) is 0 Å². The molecule has 1 aliphatic carbocycles. The van der Waals surface area contributed by atoms with E-state index < -0.39 is 5.60 Å². The summed E-state index contributed by atoms with van der Waals surface area (Å²) in [7, 11) is 0. The highest BCUT2D eigenvalue weighted by Gasteiger charge is 2.47. The molecule has 0 amide bonds. The van der Waals surface area contributed by atoms with Gasteiger partial charge in [0.2, 0.25) is 0 Å². The third-order valence-electron chi connectivity index (χ3n) is 4.16. The molecule has 0 aliphatic heterocycles. The minimum absolute atomic E-state index is 0.224. The lowest BCUT2D eigenvalue weighted by Gasteiger charge is -2.43. The molecule has 0 bridgehead atoms. The Morgan fingerprint density at radius 1 is 1.41 bits per heavy atom. The Hall–Kier alpha value is -0.570. The van der Waals surface area contributed by atoms with Crippen molar-refractivity contribution in [2.75, 3.05) is 6.61 Å². The molecule has 0 radical (unpaired) electrons. The van der Waals surface area contributed by atoms with Gasteiger partial charge in [0.1, 0.15) is 0 Å². The molecule has 0 aromatic carbocycles. The molecule has 1 N–H and O–H groups in total. The summed E-state index contributed by atoms with van der Waals surface area (Å²) in [6.45, 7) is 6.26. The van der Waals surface area contributed by atoms with Gasteiger partial charge in [-0.05, 0) is 32.1 Å². The molecule has 1 saturated carbocycles. The van der Waals surface area contributed by atoms with E-state index in [4.69, 9.17) is 4.74 Å². The molecular weight excluding hydrogens is 216 g/mol. The Morgan fingerprint density at radius 3 is 2.65 bits per heavy atom. The van der Waals surface area contributed by atoms with Crippen LogP contribution in [0.25, 0.3) is 0 Å². The lowest BCUT2D eigenvalue weighted by Crippen LogP contribution is -2.50. The first-order valence-electron chi connectivity index (χ1n) is 6.99. The normalized spacial score (nSPS) is 30.9. The zero-order valence-electron chi connectivity index (χ0n) is 11.4. The van der Waals surface area contributed by atoms with Gasteiger partial charge >= 0.3 is 5.97 Å². The summed E-state index contributed by atoms with van der Waals surface area (Å²) in [5, 5.41) is 10.9. The molecule has 0 aromatic rings. The number of ether oxygens (including phenoxy) is 1. The molecule has 3 heteroatoms. The van der Waals surface area contributed by atoms with Crippen molar-refractivity contribution in [3.8, 4) is 0 Å². The summed E-state index contributed by atoms with van der Waals surface area (Å²) in [5.41, 5.74) is -0.839. The van der Waals surface area contributed by atoms with Gasteiger partial charge in [-0.15, -0.1) is 0 Å². The first-order chi connectivity index (χ1) is 8.10. The Morgan fingerprint density at radius 2 is 2.12 bits per heavy atom. The number of aliphatic hydroxyl groups is 1. The van der Waals surface area contributed by atoms with Gasteiger partial charge in [-0.1, -0.05) is 33.1 Å². The zero-order chi connectivity index (χ0) is 12.9. The van der Waals surface area contributed by atoms with Gasteiger partial charge in [-0.3, -0.25) is 4.79 Å². The Labute approximate surface area is 105 Å². The van der Waals surface area contributed by atoms with Gasteiger partial charge in [0, 0.05) is 0 Å². The van der Waals surface area contributed by atoms with Gasteiger partial charge in [0.05, 0.1) is 18.1 Å². The molecular formula is C14H26O3. The standard InChI is InChI=1S/C14H26O3/c1-4-11-9-7-8-10-14(11,16)12(5-2)13(15)17-6-3/h11-12,16H,4-10H2,1-3H3. The molecule has 100 valence electrons. The van der Waals surface area contributed by atoms with Crippen LogP contribution in [-0.4, -0.2) is 23.3 Å². The maximum Gasteiger partial charge on any atom is 0.311 e. The van der Waals surface area contributed by atoms with Crippen LogP contribution in [0.1, 0.15) is 59.3 Å². The van der Waals surface area contributed by atoms with E-state index in [0.29, 0.717) is 13.0 Å². The SMILES string of the molecule is CCOC(=O)C(CC)C1(O)CCCCC1CC. The fraction of sp³-hybridized carbons (Fsp3) is 0.929. The minimum atomic E-state index is -0.839. The third-order valence-corrected chi connectivity index (χ3v) is 4.16. The van der Waals surface area contributed by atoms with Crippen molar-refractivity contribution >= 4 is 5.97 Å². The second-order valence-electron chi connectivity index (χ2n) is 5.06. The summed E-state index contributed by atoms with van der Waals surface area (Å²) < 4.78 is 5.11. The van der Waals surface area contributed by atoms with Gasteiger partial charge in [0.25, 0.3) is 0 Å². The smallest absolute Gasteiger partial charge is 0.311 e. The zero-order valence-corrected chi connectivity index (χ0v) is 11.4. The highest BCUT2D eigenvalue weighted by molar-refractivity contribution is 5.74. The summed E-state index contributed by atoms with van der Waals surface area (Å²) in [5.74, 6) is -0.337. The van der Waals surface area contributed by atoms with Crippen LogP contribution in [0.4, 0.5) is 0 Å². The van der Waals surface area contributed by atoms with Crippen molar-refractivity contribution in [2.24, 2.45) is 11.8 Å². The van der Waals surface area contributed by atoms with Crippen molar-refractivity contribution in [3.63, 3.8) is 0 Å². The predicted octanol–water partition coefficient (Wildman–Crippen LogP) is 2.91. The summed E-state index contributed by atoms with van der Waals surface area (Å²) in [4.78, 5) is 12.0. The average molecular weight is 242 g/mol. The van der Waals surface area contributed by atoms with Gasteiger partial charge in [0.15, 0.2) is 0 Å². The molecule has 0 saturated heterocycles. The average Bonchev–Trinajstić information content (AvgIpc) is 2.30. The van der Waals surface area contributed by atoms with E-state index in [9.17, 15) is 9.90 Å². The van der Waals surface area contributed by atoms with Crippen LogP contribution >= 0.6 is 0 Å². The fourth-order valence-corrected chi connectivity index (χ4v) is 3.24. The van der Waals surface area contributed by atoms with E-state index in [1.54, 1.807) is 0 Å². The topological polar surface area (TPSA) is 46.5 Å². The molecule has 1 fully saturated rings. The molecule has 3 nitrogen and oxygen atoms in total. The Balaban J connectivity index is 2.85. The van der Waals surface area contributed by atoms with Crippen LogP contribution in [0.5, 0.6) is 0 Å². The van der Waals surface area contributed by atoms with Crippen LogP contribution in [0.2, 0.25) is 0 Å². The van der Waals surface area contributed by atoms with Crippen molar-refractivity contribution in [3.05, 3.63) is 0 Å². The van der Waals surface area contributed by atoms with Crippen molar-refractivity contribution in [2.45, 2.75) is 64.9 Å². The van der Waals surface area contributed by atoms with E-state index in [2.05, 4.69) is 6.92 Å². The number of carbonyl (C=O) groups is 1. The first-order valence-corrected chi connectivity index (χ1v) is 6.99. The summed E-state index contributed by atoms with van der Waals surface area (Å²) in [6, 6.07) is 0. The fourth-order valence-electron chi connectivity index (χ4n) is 3.24. The molecule has 0 aromatic heterocycles. The van der Waals surface area contributed by atoms with E-state index in [1.807, 2.05) is 13.8 Å². The van der Waals surface area contributed by atoms with E-state index in [0.717, 1.165) is 25.7 Å². The number of rotatable bonds is 5. The maximum absolute atomic E-state index is 12.0. The lowest BCUT2D eigenvalue weighted by atomic mass is 9.66. The van der Waals surface area contributed by atoms with Crippen molar-refractivity contribution in [1.82, 2.24) is 0 Å². The molecule has 3 unspecified atom stereocenters. The summed E-state index contributed by atoms with van der Waals surface area (Å²) in [6.07, 6.45) is 5.55. The molecule has 3 atom stereocenters. The van der Waals surface area contributed by atoms with Crippen molar-refractivity contribution < 1.29 is 14.6 Å². The number of hydrogen-bond donors (Lipinski definition) is 1. The van der Waals surface area contributed by atoms with Crippen LogP contribution in [-0.2, 0) is 9.53 Å². The van der Waals surface area contributed by atoms with E-state index in [-0.39, 0.29) is 17.8 Å². The number of hydrogen-bond acceptors (Lipinski definition) is 3. The second kappa shape index (κ2) is 6.39. The molecule has 17 heavy (non-hydrogen) atoms. The monoisotopic (exact) mass is 242 g/mol. The molecule has 1 rings (SSSR count). The maximum atomic E-state index is 12.0. The highest BCUT2D eigenvalue weighted by atomic mass is 16.5. The molecule has 0 heterocycles. The molecule has 0 spiro atoms. The van der Waals surface area contributed by atoms with Gasteiger partial charge in [-0.2, -0.15) is 0 Å². The predicted molar refractivity (Wildman–Crippen MR) is 67.6 cm³/mol.